The first-order valence-corrected chi connectivity index (χ1v) is 10.8. The van der Waals surface area contributed by atoms with E-state index in [0.29, 0.717) is 33.9 Å². The van der Waals surface area contributed by atoms with E-state index in [1.54, 1.807) is 31.2 Å². The van der Waals surface area contributed by atoms with Crippen LogP contribution in [0.2, 0.25) is 0 Å². The van der Waals surface area contributed by atoms with Gasteiger partial charge in [0.05, 0.1) is 30.9 Å². The van der Waals surface area contributed by atoms with Gasteiger partial charge in [-0.2, -0.15) is 0 Å². The number of nitrogens with one attached hydrogen (secondary N) is 1. The van der Waals surface area contributed by atoms with Gasteiger partial charge >= 0.3 is 5.97 Å². The van der Waals surface area contributed by atoms with E-state index in [4.69, 9.17) is 18.9 Å². The molecule has 2 aromatic carbocycles. The van der Waals surface area contributed by atoms with Crippen molar-refractivity contribution in [3.05, 3.63) is 52.9 Å². The van der Waals surface area contributed by atoms with Crippen molar-refractivity contribution in [1.29, 1.82) is 0 Å². The number of ether oxygens (including phenoxy) is 4. The third kappa shape index (κ3) is 6.27. The summed E-state index contributed by atoms with van der Waals surface area (Å²) in [5.74, 6) is 0.920. The maximum absolute atomic E-state index is 12.4. The monoisotopic (exact) mass is 456 g/mol. The molecule has 32 heavy (non-hydrogen) atoms. The summed E-state index contributed by atoms with van der Waals surface area (Å²) in [5, 5.41) is 3.26. The van der Waals surface area contributed by atoms with Gasteiger partial charge in [0, 0.05) is 0 Å². The number of hydrogen-bond donors (Lipinski definition) is 1. The highest BCUT2D eigenvalue weighted by molar-refractivity contribution is 8.18. The maximum Gasteiger partial charge on any atom is 0.344 e. The lowest BCUT2D eigenvalue weighted by atomic mass is 10.2. The lowest BCUT2D eigenvalue weighted by molar-refractivity contribution is -0.145. The van der Waals surface area contributed by atoms with Crippen molar-refractivity contribution in [3.63, 3.8) is 0 Å². The van der Waals surface area contributed by atoms with E-state index in [0.717, 1.165) is 11.3 Å². The molecule has 0 bridgehead atoms. The Kier molecular flexibility index (Phi) is 8.15. The van der Waals surface area contributed by atoms with Gasteiger partial charge in [0.15, 0.2) is 23.3 Å². The van der Waals surface area contributed by atoms with Crippen molar-refractivity contribution in [2.24, 2.45) is 4.99 Å². The van der Waals surface area contributed by atoms with Gasteiger partial charge in [-0.15, -0.1) is 0 Å². The smallest absolute Gasteiger partial charge is 0.344 e. The number of nitrogens with zero attached hydrogens (tertiary/aromatic N) is 1. The lowest BCUT2D eigenvalue weighted by Crippen LogP contribution is -2.19. The summed E-state index contributed by atoms with van der Waals surface area (Å²) >= 11 is 1.25. The molecule has 1 N–H and O–H groups in total. The Hall–Kier alpha value is -3.46. The van der Waals surface area contributed by atoms with Crippen molar-refractivity contribution in [2.75, 3.05) is 26.9 Å². The fourth-order valence-electron chi connectivity index (χ4n) is 2.77. The molecule has 168 valence electrons. The molecule has 0 spiro atoms. The minimum atomic E-state index is -0.459. The quantitative estimate of drug-likeness (QED) is 0.451. The van der Waals surface area contributed by atoms with Crippen molar-refractivity contribution in [2.45, 2.75) is 13.8 Å². The van der Waals surface area contributed by atoms with Gasteiger partial charge in [-0.1, -0.05) is 6.07 Å². The standard InChI is InChI=1S/C23H24N2O6S/c1-4-29-17-9-7-16(8-10-17)24-23-25-22(27)20(32-23)13-15-6-11-18(19(12-15)28-3)31-14-21(26)30-5-2/h6-13H,4-5,14H2,1-3H3,(H,24,25,27)/b20-13+. The van der Waals surface area contributed by atoms with Gasteiger partial charge in [-0.05, 0) is 73.6 Å². The van der Waals surface area contributed by atoms with E-state index in [1.807, 2.05) is 31.2 Å². The Morgan fingerprint density at radius 1 is 1.06 bits per heavy atom. The average molecular weight is 457 g/mol. The summed E-state index contributed by atoms with van der Waals surface area (Å²) in [7, 11) is 1.50. The Morgan fingerprint density at radius 3 is 2.53 bits per heavy atom. The number of amides is 1. The summed E-state index contributed by atoms with van der Waals surface area (Å²) in [6.07, 6.45) is 1.73. The zero-order chi connectivity index (χ0) is 22.9. The molecule has 1 fully saturated rings. The first-order valence-electron chi connectivity index (χ1n) is 10.0. The van der Waals surface area contributed by atoms with Crippen LogP contribution in [0.15, 0.2) is 52.4 Å². The second kappa shape index (κ2) is 11.2. The first kappa shape index (κ1) is 23.2. The van der Waals surface area contributed by atoms with Crippen LogP contribution in [0.1, 0.15) is 19.4 Å². The Bertz CT molecular complexity index is 1030. The van der Waals surface area contributed by atoms with E-state index >= 15 is 0 Å². The highest BCUT2D eigenvalue weighted by Crippen LogP contribution is 2.32. The predicted octanol–water partition coefficient (Wildman–Crippen LogP) is 3.93. The molecule has 0 radical (unpaired) electrons. The van der Waals surface area contributed by atoms with E-state index in [2.05, 4.69) is 10.3 Å². The number of carbonyl (C=O) groups is 2. The van der Waals surface area contributed by atoms with Gasteiger partial charge in [0.25, 0.3) is 5.91 Å². The molecule has 1 saturated heterocycles. The lowest BCUT2D eigenvalue weighted by Gasteiger charge is -2.11. The zero-order valence-electron chi connectivity index (χ0n) is 18.0. The summed E-state index contributed by atoms with van der Waals surface area (Å²) < 4.78 is 21.1. The number of amidine groups is 1. The fourth-order valence-corrected chi connectivity index (χ4v) is 3.61. The van der Waals surface area contributed by atoms with E-state index in [1.165, 1.54) is 18.9 Å². The molecule has 0 atom stereocenters. The van der Waals surface area contributed by atoms with Crippen LogP contribution in [0.4, 0.5) is 5.69 Å². The molecule has 3 rings (SSSR count). The second-order valence-electron chi connectivity index (χ2n) is 6.41. The van der Waals surface area contributed by atoms with Crippen LogP contribution in [0.5, 0.6) is 17.2 Å². The number of benzene rings is 2. The Balaban J connectivity index is 1.70. The molecule has 0 unspecified atom stereocenters. The highest BCUT2D eigenvalue weighted by atomic mass is 32.2. The molecule has 1 aliphatic rings. The van der Waals surface area contributed by atoms with E-state index < -0.39 is 5.97 Å². The predicted molar refractivity (Wildman–Crippen MR) is 124 cm³/mol. The molecule has 0 aliphatic carbocycles. The van der Waals surface area contributed by atoms with Gasteiger partial charge in [0.1, 0.15) is 5.75 Å². The van der Waals surface area contributed by atoms with Crippen molar-refractivity contribution in [1.82, 2.24) is 5.32 Å². The number of hydrogen-bond acceptors (Lipinski definition) is 8. The zero-order valence-corrected chi connectivity index (χ0v) is 18.9. The number of aliphatic imine (C=N–C) groups is 1. The SMILES string of the molecule is CCOC(=O)COc1ccc(/C=C2/SC(=Nc3ccc(OCC)cc3)NC2=O)cc1OC. The summed E-state index contributed by atoms with van der Waals surface area (Å²) in [4.78, 5) is 28.8. The van der Waals surface area contributed by atoms with E-state index in [9.17, 15) is 9.59 Å². The fraction of sp³-hybridized carbons (Fsp3) is 0.261. The van der Waals surface area contributed by atoms with Gasteiger partial charge < -0.3 is 24.3 Å². The molecule has 8 nitrogen and oxygen atoms in total. The molecule has 1 heterocycles. The number of carbonyl (C=O) groups excluding carboxylic acids is 2. The van der Waals surface area contributed by atoms with Crippen LogP contribution in [0.25, 0.3) is 6.08 Å². The molecule has 0 aromatic heterocycles. The van der Waals surface area contributed by atoms with Crippen LogP contribution in [0.3, 0.4) is 0 Å². The summed E-state index contributed by atoms with van der Waals surface area (Å²) in [6.45, 7) is 4.32. The van der Waals surface area contributed by atoms with Crippen molar-refractivity contribution in [3.8, 4) is 17.2 Å². The van der Waals surface area contributed by atoms with Crippen LogP contribution < -0.4 is 19.5 Å². The van der Waals surface area contributed by atoms with Gasteiger partial charge in [-0.25, -0.2) is 9.79 Å². The van der Waals surface area contributed by atoms with Gasteiger partial charge in [0.2, 0.25) is 0 Å². The molecular formula is C23H24N2O6S. The third-order valence-corrected chi connectivity index (χ3v) is 5.08. The average Bonchev–Trinajstić information content (AvgIpc) is 3.13. The van der Waals surface area contributed by atoms with Crippen LogP contribution in [-0.2, 0) is 14.3 Å². The highest BCUT2D eigenvalue weighted by Gasteiger charge is 2.24. The molecule has 1 amide bonds. The number of rotatable bonds is 9. The molecule has 9 heteroatoms. The van der Waals surface area contributed by atoms with Crippen molar-refractivity contribution < 1.29 is 28.5 Å². The number of methoxy groups -OCH3 is 1. The summed E-state index contributed by atoms with van der Waals surface area (Å²) in [5.41, 5.74) is 1.45. The molecule has 2 aromatic rings. The van der Waals surface area contributed by atoms with Crippen LogP contribution >= 0.6 is 11.8 Å². The first-order chi connectivity index (χ1) is 15.5. The van der Waals surface area contributed by atoms with Gasteiger partial charge in [-0.3, -0.25) is 4.79 Å². The molecule has 0 saturated carbocycles. The normalized spacial score (nSPS) is 15.5. The Morgan fingerprint density at radius 2 is 1.84 bits per heavy atom. The Labute approximate surface area is 190 Å². The topological polar surface area (TPSA) is 95.5 Å². The minimum absolute atomic E-state index is 0.214. The second-order valence-corrected chi connectivity index (χ2v) is 7.44. The van der Waals surface area contributed by atoms with Crippen molar-refractivity contribution >= 4 is 40.6 Å². The maximum atomic E-state index is 12.4. The minimum Gasteiger partial charge on any atom is -0.494 e. The molecule has 1 aliphatic heterocycles. The van der Waals surface area contributed by atoms with E-state index in [-0.39, 0.29) is 19.1 Å². The third-order valence-electron chi connectivity index (χ3n) is 4.17. The largest absolute Gasteiger partial charge is 0.494 e. The number of esters is 1. The van der Waals surface area contributed by atoms with Crippen LogP contribution in [-0.4, -0.2) is 44.0 Å². The summed E-state index contributed by atoms with van der Waals surface area (Å²) in [6, 6.07) is 12.5. The molecular weight excluding hydrogens is 432 g/mol. The number of thioether (sulfide) groups is 1. The van der Waals surface area contributed by atoms with Crippen LogP contribution in [0, 0.1) is 0 Å².